The molecular weight excluding hydrogens is 226 g/mol. The molecule has 4 heteroatoms. The van der Waals surface area contributed by atoms with Gasteiger partial charge in [0.15, 0.2) is 5.78 Å². The lowest BCUT2D eigenvalue weighted by molar-refractivity contribution is 0.101. The lowest BCUT2D eigenvalue weighted by Gasteiger charge is -2.11. The van der Waals surface area contributed by atoms with Crippen LogP contribution in [0.25, 0.3) is 0 Å². The molecule has 0 aromatic heterocycles. The average molecular weight is 244 g/mol. The van der Waals surface area contributed by atoms with Gasteiger partial charge in [-0.1, -0.05) is 0 Å². The number of hydrogen-bond donors (Lipinski definition) is 1. The molecule has 16 heavy (non-hydrogen) atoms. The standard InChI is InChI=1S/C12H17NO2.ClH/c1-9(13-3)8-15-12-6-4-11(5-7-12)10(2)14;/h4-7,9,13H,8H2,1-3H3;1H. The van der Waals surface area contributed by atoms with Crippen LogP contribution < -0.4 is 10.1 Å². The molecule has 1 aromatic carbocycles. The fourth-order valence-electron chi connectivity index (χ4n) is 1.09. The van der Waals surface area contributed by atoms with Crippen molar-refractivity contribution in [3.63, 3.8) is 0 Å². The Morgan fingerprint density at radius 3 is 2.38 bits per heavy atom. The van der Waals surface area contributed by atoms with Crippen molar-refractivity contribution >= 4 is 18.2 Å². The van der Waals surface area contributed by atoms with Gasteiger partial charge in [0.25, 0.3) is 0 Å². The first-order chi connectivity index (χ1) is 7.13. The van der Waals surface area contributed by atoms with E-state index in [2.05, 4.69) is 5.32 Å². The lowest BCUT2D eigenvalue weighted by Crippen LogP contribution is -2.28. The fraction of sp³-hybridized carbons (Fsp3) is 0.417. The second-order valence-electron chi connectivity index (χ2n) is 3.58. The highest BCUT2D eigenvalue weighted by molar-refractivity contribution is 5.94. The molecule has 0 spiro atoms. The zero-order valence-electron chi connectivity index (χ0n) is 9.82. The van der Waals surface area contributed by atoms with Gasteiger partial charge in [0.2, 0.25) is 0 Å². The maximum Gasteiger partial charge on any atom is 0.159 e. The van der Waals surface area contributed by atoms with Gasteiger partial charge in [-0.25, -0.2) is 0 Å². The third-order valence-electron chi connectivity index (χ3n) is 2.25. The SMILES string of the molecule is CNC(C)COc1ccc(C(C)=O)cc1.Cl. The molecule has 1 unspecified atom stereocenters. The zero-order chi connectivity index (χ0) is 11.3. The number of hydrogen-bond acceptors (Lipinski definition) is 3. The van der Waals surface area contributed by atoms with E-state index in [-0.39, 0.29) is 18.2 Å². The molecule has 0 bridgehead atoms. The van der Waals surface area contributed by atoms with Crippen LogP contribution in [0, 0.1) is 0 Å². The van der Waals surface area contributed by atoms with Gasteiger partial charge in [0.05, 0.1) is 0 Å². The summed E-state index contributed by atoms with van der Waals surface area (Å²) in [7, 11) is 1.90. The van der Waals surface area contributed by atoms with E-state index in [9.17, 15) is 4.79 Å². The third-order valence-corrected chi connectivity index (χ3v) is 2.25. The largest absolute Gasteiger partial charge is 0.492 e. The third kappa shape index (κ3) is 4.64. The van der Waals surface area contributed by atoms with Gasteiger partial charge in [-0.2, -0.15) is 0 Å². The minimum atomic E-state index is 0. The first-order valence-corrected chi connectivity index (χ1v) is 5.04. The van der Waals surface area contributed by atoms with Gasteiger partial charge in [0.1, 0.15) is 12.4 Å². The highest BCUT2D eigenvalue weighted by Gasteiger charge is 2.01. The molecule has 1 rings (SSSR count). The summed E-state index contributed by atoms with van der Waals surface area (Å²) < 4.78 is 5.52. The predicted octanol–water partition coefficient (Wildman–Crippen LogP) is 2.30. The molecule has 90 valence electrons. The maximum absolute atomic E-state index is 11.0. The number of ether oxygens (including phenoxy) is 1. The number of nitrogens with one attached hydrogen (secondary N) is 1. The molecule has 0 saturated carbocycles. The number of ketones is 1. The molecule has 0 aliphatic carbocycles. The number of benzene rings is 1. The van der Waals surface area contributed by atoms with E-state index in [1.165, 1.54) is 0 Å². The quantitative estimate of drug-likeness (QED) is 0.807. The van der Waals surface area contributed by atoms with E-state index in [0.717, 1.165) is 5.75 Å². The average Bonchev–Trinajstić information content (AvgIpc) is 2.26. The smallest absolute Gasteiger partial charge is 0.159 e. The van der Waals surface area contributed by atoms with E-state index in [1.54, 1.807) is 19.1 Å². The molecule has 1 atom stereocenters. The summed E-state index contributed by atoms with van der Waals surface area (Å²) in [6.45, 7) is 4.22. The van der Waals surface area contributed by atoms with Crippen LogP contribution in [0.2, 0.25) is 0 Å². The van der Waals surface area contributed by atoms with Crippen molar-refractivity contribution in [1.29, 1.82) is 0 Å². The molecule has 3 nitrogen and oxygen atoms in total. The van der Waals surface area contributed by atoms with Crippen LogP contribution in [-0.4, -0.2) is 25.5 Å². The lowest BCUT2D eigenvalue weighted by atomic mass is 10.1. The van der Waals surface area contributed by atoms with Crippen molar-refractivity contribution in [3.8, 4) is 5.75 Å². The Hall–Kier alpha value is -1.06. The van der Waals surface area contributed by atoms with Gasteiger partial charge < -0.3 is 10.1 Å². The van der Waals surface area contributed by atoms with Crippen LogP contribution in [-0.2, 0) is 0 Å². The van der Waals surface area contributed by atoms with Crippen LogP contribution in [0.3, 0.4) is 0 Å². The molecule has 0 radical (unpaired) electrons. The van der Waals surface area contributed by atoms with Gasteiger partial charge in [-0.3, -0.25) is 4.79 Å². The fourth-order valence-corrected chi connectivity index (χ4v) is 1.09. The second kappa shape index (κ2) is 7.25. The number of halogens is 1. The van der Waals surface area contributed by atoms with Gasteiger partial charge in [-0.15, -0.1) is 12.4 Å². The Morgan fingerprint density at radius 1 is 1.38 bits per heavy atom. The minimum Gasteiger partial charge on any atom is -0.492 e. The van der Waals surface area contributed by atoms with Gasteiger partial charge in [-0.05, 0) is 45.2 Å². The van der Waals surface area contributed by atoms with Gasteiger partial charge in [0, 0.05) is 11.6 Å². The summed E-state index contributed by atoms with van der Waals surface area (Å²) >= 11 is 0. The summed E-state index contributed by atoms with van der Waals surface area (Å²) in [4.78, 5) is 11.0. The number of likely N-dealkylation sites (N-methyl/N-ethyl adjacent to an activating group) is 1. The molecule has 1 N–H and O–H groups in total. The molecule has 0 fully saturated rings. The molecule has 0 amide bonds. The van der Waals surface area contributed by atoms with E-state index < -0.39 is 0 Å². The minimum absolute atomic E-state index is 0. The first kappa shape index (κ1) is 14.9. The van der Waals surface area contributed by atoms with Crippen LogP contribution in [0.15, 0.2) is 24.3 Å². The first-order valence-electron chi connectivity index (χ1n) is 5.04. The summed E-state index contributed by atoms with van der Waals surface area (Å²) in [5.41, 5.74) is 0.712. The zero-order valence-corrected chi connectivity index (χ0v) is 10.6. The summed E-state index contributed by atoms with van der Waals surface area (Å²) in [6, 6.07) is 7.51. The van der Waals surface area contributed by atoms with Crippen molar-refractivity contribution in [2.45, 2.75) is 19.9 Å². The van der Waals surface area contributed by atoms with Crippen molar-refractivity contribution in [3.05, 3.63) is 29.8 Å². The Kier molecular flexibility index (Phi) is 6.77. The molecule has 0 saturated heterocycles. The summed E-state index contributed by atoms with van der Waals surface area (Å²) in [6.07, 6.45) is 0. The van der Waals surface area contributed by atoms with Crippen LogP contribution >= 0.6 is 12.4 Å². The normalized spacial score (nSPS) is 11.4. The molecule has 1 aromatic rings. The van der Waals surface area contributed by atoms with Crippen LogP contribution in [0.1, 0.15) is 24.2 Å². The monoisotopic (exact) mass is 243 g/mol. The number of carbonyl (C=O) groups excluding carboxylic acids is 1. The second-order valence-corrected chi connectivity index (χ2v) is 3.58. The van der Waals surface area contributed by atoms with Crippen molar-refractivity contribution < 1.29 is 9.53 Å². The summed E-state index contributed by atoms with van der Waals surface area (Å²) in [5, 5.41) is 3.09. The van der Waals surface area contributed by atoms with Gasteiger partial charge >= 0.3 is 0 Å². The van der Waals surface area contributed by atoms with E-state index in [4.69, 9.17) is 4.74 Å². The number of carbonyl (C=O) groups is 1. The Labute approximate surface area is 103 Å². The Balaban J connectivity index is 0.00000225. The van der Waals surface area contributed by atoms with Crippen molar-refractivity contribution in [1.82, 2.24) is 5.32 Å². The highest BCUT2D eigenvalue weighted by Crippen LogP contribution is 2.12. The Morgan fingerprint density at radius 2 is 1.94 bits per heavy atom. The van der Waals surface area contributed by atoms with Crippen molar-refractivity contribution in [2.24, 2.45) is 0 Å². The predicted molar refractivity (Wildman–Crippen MR) is 67.7 cm³/mol. The van der Waals surface area contributed by atoms with E-state index >= 15 is 0 Å². The Bertz CT molecular complexity index is 324. The van der Waals surface area contributed by atoms with E-state index in [0.29, 0.717) is 18.2 Å². The summed E-state index contributed by atoms with van der Waals surface area (Å²) in [5.74, 6) is 0.868. The topological polar surface area (TPSA) is 38.3 Å². The number of rotatable bonds is 5. The number of Topliss-reactive ketones (excluding diaryl/α,β-unsaturated/α-hetero) is 1. The van der Waals surface area contributed by atoms with Crippen LogP contribution in [0.5, 0.6) is 5.75 Å². The highest BCUT2D eigenvalue weighted by atomic mass is 35.5. The van der Waals surface area contributed by atoms with Crippen molar-refractivity contribution in [2.75, 3.05) is 13.7 Å². The van der Waals surface area contributed by atoms with E-state index in [1.807, 2.05) is 26.1 Å². The molecule has 0 aliphatic heterocycles. The maximum atomic E-state index is 11.0. The molecular formula is C12H18ClNO2. The molecule has 0 heterocycles. The van der Waals surface area contributed by atoms with Crippen LogP contribution in [0.4, 0.5) is 0 Å². The molecule has 0 aliphatic rings.